The number of H-pyrrole nitrogens is 1. The Labute approximate surface area is 178 Å². The van der Waals surface area contributed by atoms with Gasteiger partial charge in [0.25, 0.3) is 0 Å². The minimum atomic E-state index is -1.01. The summed E-state index contributed by atoms with van der Waals surface area (Å²) in [4.78, 5) is 26.7. The van der Waals surface area contributed by atoms with Gasteiger partial charge < -0.3 is 20.2 Å². The first kappa shape index (κ1) is 20.3. The Kier molecular flexibility index (Phi) is 5.70. The molecule has 0 radical (unpaired) electrons. The van der Waals surface area contributed by atoms with Crippen LogP contribution in [-0.2, 0) is 16.0 Å². The molecule has 0 aliphatic heterocycles. The molecule has 4 rings (SSSR count). The highest BCUT2D eigenvalue weighted by atomic mass is 35.5. The number of hydrogen-bond acceptors (Lipinski definition) is 4. The third kappa shape index (κ3) is 4.15. The Hall–Kier alpha value is -2.96. The first-order valence-electron chi connectivity index (χ1n) is 9.70. The Morgan fingerprint density at radius 1 is 1.20 bits per heavy atom. The van der Waals surface area contributed by atoms with E-state index in [0.717, 1.165) is 28.5 Å². The number of nitrogens with one attached hydrogen (secondary N) is 2. The van der Waals surface area contributed by atoms with Gasteiger partial charge in [0.1, 0.15) is 6.61 Å². The lowest BCUT2D eigenvalue weighted by atomic mass is 9.87. The van der Waals surface area contributed by atoms with E-state index in [-0.39, 0.29) is 36.5 Å². The monoisotopic (exact) mass is 424 g/mol. The topological polar surface area (TPSA) is 103 Å². The zero-order valence-corrected chi connectivity index (χ0v) is 16.9. The summed E-state index contributed by atoms with van der Waals surface area (Å²) in [5.41, 5.74) is 3.45. The van der Waals surface area contributed by atoms with Crippen molar-refractivity contribution < 1.29 is 19.4 Å². The van der Waals surface area contributed by atoms with Crippen LogP contribution in [0.15, 0.2) is 48.5 Å². The normalized spacial score (nSPS) is 17.8. The predicted molar refractivity (Wildman–Crippen MR) is 115 cm³/mol. The summed E-state index contributed by atoms with van der Waals surface area (Å²) < 4.78 is 5.37. The Bertz CT molecular complexity index is 1140. The van der Waals surface area contributed by atoms with E-state index in [2.05, 4.69) is 4.98 Å². The number of ketones is 1. The maximum atomic E-state index is 12.9. The van der Waals surface area contributed by atoms with E-state index in [0.29, 0.717) is 17.1 Å². The van der Waals surface area contributed by atoms with Crippen molar-refractivity contribution in [2.75, 3.05) is 13.2 Å². The van der Waals surface area contributed by atoms with Crippen molar-refractivity contribution in [1.82, 2.24) is 4.98 Å². The molecule has 0 bridgehead atoms. The molecule has 1 aromatic heterocycles. The molecule has 2 aromatic carbocycles. The highest BCUT2D eigenvalue weighted by Crippen LogP contribution is 2.40. The van der Waals surface area contributed by atoms with Gasteiger partial charge in [0.15, 0.2) is 0 Å². The van der Waals surface area contributed by atoms with Crippen LogP contribution >= 0.6 is 11.6 Å². The molecule has 7 heteroatoms. The van der Waals surface area contributed by atoms with Crippen LogP contribution < -0.4 is 0 Å². The Morgan fingerprint density at radius 3 is 2.80 bits per heavy atom. The van der Waals surface area contributed by atoms with Gasteiger partial charge in [-0.05, 0) is 54.2 Å². The van der Waals surface area contributed by atoms with Crippen molar-refractivity contribution in [2.24, 2.45) is 5.92 Å². The molecule has 1 unspecified atom stereocenters. The molecule has 0 spiro atoms. The van der Waals surface area contributed by atoms with E-state index in [1.54, 1.807) is 18.2 Å². The fraction of sp³-hybridized carbons (Fsp3) is 0.261. The minimum absolute atomic E-state index is 0.00599. The van der Waals surface area contributed by atoms with Crippen LogP contribution in [0.3, 0.4) is 0 Å². The van der Waals surface area contributed by atoms with Gasteiger partial charge in [-0.2, -0.15) is 0 Å². The second-order valence-electron chi connectivity index (χ2n) is 7.60. The summed E-state index contributed by atoms with van der Waals surface area (Å²) >= 11 is 6.02. The van der Waals surface area contributed by atoms with Crippen molar-refractivity contribution >= 4 is 40.0 Å². The number of carboxylic acids is 1. The molecular formula is C23H21ClN2O4. The Balaban J connectivity index is 1.50. The van der Waals surface area contributed by atoms with Crippen molar-refractivity contribution in [2.45, 2.75) is 18.8 Å². The Morgan fingerprint density at radius 2 is 2.00 bits per heavy atom. The van der Waals surface area contributed by atoms with Gasteiger partial charge in [-0.3, -0.25) is 4.79 Å². The van der Waals surface area contributed by atoms with Crippen LogP contribution in [0.1, 0.15) is 34.0 Å². The van der Waals surface area contributed by atoms with Crippen LogP contribution in [0.5, 0.6) is 0 Å². The molecule has 1 heterocycles. The number of aliphatic carboxylic acids is 1. The molecule has 1 aliphatic carbocycles. The minimum Gasteiger partial charge on any atom is -0.480 e. The van der Waals surface area contributed by atoms with Gasteiger partial charge >= 0.3 is 5.97 Å². The van der Waals surface area contributed by atoms with E-state index in [1.807, 2.05) is 30.3 Å². The molecule has 154 valence electrons. The summed E-state index contributed by atoms with van der Waals surface area (Å²) in [7, 11) is 0. The largest absolute Gasteiger partial charge is 0.480 e. The smallest absolute Gasteiger partial charge is 0.329 e. The number of Topliss-reactive ketones (excluding diaryl/α,β-unsaturated/α-hetero) is 1. The second-order valence-corrected chi connectivity index (χ2v) is 8.04. The fourth-order valence-corrected chi connectivity index (χ4v) is 4.40. The summed E-state index contributed by atoms with van der Waals surface area (Å²) in [6.07, 6.45) is 1.03. The number of fused-ring (bicyclic) bond motifs is 2. The third-order valence-electron chi connectivity index (χ3n) is 5.60. The fourth-order valence-electron chi connectivity index (χ4n) is 4.22. The van der Waals surface area contributed by atoms with Gasteiger partial charge in [0.05, 0.1) is 18.0 Å². The molecule has 1 aliphatic rings. The van der Waals surface area contributed by atoms with Crippen molar-refractivity contribution in [3.8, 4) is 0 Å². The van der Waals surface area contributed by atoms with Crippen LogP contribution in [-0.4, -0.2) is 40.8 Å². The number of benzene rings is 2. The summed E-state index contributed by atoms with van der Waals surface area (Å²) in [6, 6.07) is 15.0. The molecule has 0 saturated heterocycles. The molecule has 0 fully saturated rings. The molecule has 3 aromatic rings. The molecule has 30 heavy (non-hydrogen) atoms. The number of aromatic nitrogens is 1. The summed E-state index contributed by atoms with van der Waals surface area (Å²) in [6.45, 7) is -0.111. The number of carbonyl (C=O) groups is 2. The number of hydrogen-bond donors (Lipinski definition) is 3. The molecule has 0 saturated carbocycles. The van der Waals surface area contributed by atoms with Crippen molar-refractivity contribution in [3.05, 3.63) is 70.4 Å². The molecule has 6 nitrogen and oxygen atoms in total. The van der Waals surface area contributed by atoms with Crippen molar-refractivity contribution in [1.29, 1.82) is 5.41 Å². The standard InChI is InChI=1S/C23H21ClN2O4/c24-16-5-6-20-15(8-16)10-21(26-20)23(29)19(25)9-14-7-13-3-1-2-4-17(13)18(14)11-30-12-22(27)28/h1-6,8,10,14,18,25-26H,7,9,11-12H2,(H,27,28)/t14?,18-/m0/s1. The van der Waals surface area contributed by atoms with Gasteiger partial charge in [-0.15, -0.1) is 0 Å². The first-order chi connectivity index (χ1) is 14.4. The predicted octanol–water partition coefficient (Wildman–Crippen LogP) is 4.47. The third-order valence-corrected chi connectivity index (χ3v) is 5.83. The van der Waals surface area contributed by atoms with Crippen LogP contribution in [0.4, 0.5) is 0 Å². The molecule has 0 amide bonds. The van der Waals surface area contributed by atoms with Gasteiger partial charge in [0.2, 0.25) is 5.78 Å². The lowest BCUT2D eigenvalue weighted by Crippen LogP contribution is -2.23. The number of aromatic amines is 1. The van der Waals surface area contributed by atoms with E-state index < -0.39 is 5.97 Å². The average molecular weight is 425 g/mol. The van der Waals surface area contributed by atoms with Crippen LogP contribution in [0.25, 0.3) is 10.9 Å². The van der Waals surface area contributed by atoms with Gasteiger partial charge in [-0.1, -0.05) is 35.9 Å². The molecule has 2 atom stereocenters. The number of carbonyl (C=O) groups excluding carboxylic acids is 1. The molecule has 3 N–H and O–H groups in total. The van der Waals surface area contributed by atoms with Gasteiger partial charge in [-0.25, -0.2) is 4.79 Å². The zero-order valence-electron chi connectivity index (χ0n) is 16.2. The second kappa shape index (κ2) is 8.42. The van der Waals surface area contributed by atoms with Crippen LogP contribution in [0, 0.1) is 11.3 Å². The SMILES string of the molecule is N=C(CC1Cc2ccccc2[C@H]1COCC(=O)O)C(=O)c1cc2cc(Cl)ccc2[nH]1. The van der Waals surface area contributed by atoms with Crippen LogP contribution in [0.2, 0.25) is 5.02 Å². The lowest BCUT2D eigenvalue weighted by Gasteiger charge is -2.20. The van der Waals surface area contributed by atoms with E-state index in [1.165, 1.54) is 0 Å². The van der Waals surface area contributed by atoms with Crippen molar-refractivity contribution in [3.63, 3.8) is 0 Å². The average Bonchev–Trinajstić information content (AvgIpc) is 3.28. The number of rotatable bonds is 8. The van der Waals surface area contributed by atoms with E-state index in [4.69, 9.17) is 26.9 Å². The number of carboxylic acid groups (broad SMARTS) is 1. The zero-order chi connectivity index (χ0) is 21.3. The molecular weight excluding hydrogens is 404 g/mol. The highest BCUT2D eigenvalue weighted by Gasteiger charge is 2.34. The maximum Gasteiger partial charge on any atom is 0.329 e. The summed E-state index contributed by atoms with van der Waals surface area (Å²) in [5.74, 6) is -1.40. The van der Waals surface area contributed by atoms with E-state index in [9.17, 15) is 9.59 Å². The quantitative estimate of drug-likeness (QED) is 0.366. The number of ether oxygens (including phenoxy) is 1. The highest BCUT2D eigenvalue weighted by molar-refractivity contribution is 6.44. The van der Waals surface area contributed by atoms with E-state index >= 15 is 0 Å². The maximum absolute atomic E-state index is 12.9. The lowest BCUT2D eigenvalue weighted by molar-refractivity contribution is -0.142. The van der Waals surface area contributed by atoms with Gasteiger partial charge in [0, 0.05) is 21.8 Å². The first-order valence-corrected chi connectivity index (χ1v) is 10.1. The summed E-state index contributed by atoms with van der Waals surface area (Å²) in [5, 5.41) is 18.7. The number of halogens is 1.